The van der Waals surface area contributed by atoms with E-state index >= 15 is 0 Å². The van der Waals surface area contributed by atoms with Gasteiger partial charge in [-0.1, -0.05) is 62.2 Å². The standard InChI is InChI=1S/C13H16Br2O2/c14-9-12(10-15)17-13(16)8-4-7-11-5-2-1-3-6-11/h1-3,5-6,12H,4,7-10H2. The minimum Gasteiger partial charge on any atom is -0.461 e. The number of aryl methyl sites for hydroxylation is 1. The Morgan fingerprint density at radius 3 is 2.41 bits per heavy atom. The van der Waals surface area contributed by atoms with Crippen LogP contribution in [0.4, 0.5) is 0 Å². The first-order chi connectivity index (χ1) is 8.26. The molecule has 0 aliphatic rings. The first-order valence-electron chi connectivity index (χ1n) is 5.61. The largest absolute Gasteiger partial charge is 0.461 e. The Morgan fingerprint density at radius 1 is 1.18 bits per heavy atom. The second kappa shape index (κ2) is 8.70. The molecule has 4 heteroatoms. The molecule has 0 saturated carbocycles. The van der Waals surface area contributed by atoms with E-state index in [4.69, 9.17) is 4.74 Å². The third-order valence-corrected chi connectivity index (χ3v) is 3.78. The van der Waals surface area contributed by atoms with Gasteiger partial charge >= 0.3 is 5.97 Å². The van der Waals surface area contributed by atoms with Crippen molar-refractivity contribution >= 4 is 37.8 Å². The molecule has 0 aliphatic carbocycles. The Bertz CT molecular complexity index is 323. The van der Waals surface area contributed by atoms with Crippen molar-refractivity contribution in [3.63, 3.8) is 0 Å². The van der Waals surface area contributed by atoms with Gasteiger partial charge in [-0.3, -0.25) is 4.79 Å². The first kappa shape index (κ1) is 14.7. The van der Waals surface area contributed by atoms with Gasteiger partial charge in [0.1, 0.15) is 6.10 Å². The van der Waals surface area contributed by atoms with E-state index in [9.17, 15) is 4.79 Å². The molecule has 1 aromatic carbocycles. The highest BCUT2D eigenvalue weighted by Crippen LogP contribution is 2.08. The van der Waals surface area contributed by atoms with Crippen molar-refractivity contribution < 1.29 is 9.53 Å². The van der Waals surface area contributed by atoms with E-state index in [-0.39, 0.29) is 12.1 Å². The van der Waals surface area contributed by atoms with Crippen molar-refractivity contribution in [1.29, 1.82) is 0 Å². The third kappa shape index (κ3) is 6.22. The Hall–Kier alpha value is -0.350. The Balaban J connectivity index is 2.20. The van der Waals surface area contributed by atoms with Crippen LogP contribution in [0.5, 0.6) is 0 Å². The number of halogens is 2. The first-order valence-corrected chi connectivity index (χ1v) is 7.86. The summed E-state index contributed by atoms with van der Waals surface area (Å²) < 4.78 is 5.25. The molecule has 2 nitrogen and oxygen atoms in total. The van der Waals surface area contributed by atoms with E-state index in [0.29, 0.717) is 17.1 Å². The summed E-state index contributed by atoms with van der Waals surface area (Å²) in [5.41, 5.74) is 1.26. The zero-order chi connectivity index (χ0) is 12.5. The number of carbonyl (C=O) groups is 1. The maximum Gasteiger partial charge on any atom is 0.306 e. The molecule has 1 rings (SSSR count). The fraction of sp³-hybridized carbons (Fsp3) is 0.462. The molecule has 17 heavy (non-hydrogen) atoms. The van der Waals surface area contributed by atoms with Crippen molar-refractivity contribution in [2.45, 2.75) is 25.4 Å². The van der Waals surface area contributed by atoms with Crippen LogP contribution in [0.3, 0.4) is 0 Å². The lowest BCUT2D eigenvalue weighted by Crippen LogP contribution is -2.20. The van der Waals surface area contributed by atoms with E-state index in [1.54, 1.807) is 0 Å². The average Bonchev–Trinajstić information content (AvgIpc) is 2.37. The molecule has 0 unspecified atom stereocenters. The molecule has 0 aliphatic heterocycles. The predicted octanol–water partition coefficient (Wildman–Crippen LogP) is 3.71. The molecule has 0 saturated heterocycles. The molecule has 1 aromatic rings. The summed E-state index contributed by atoms with van der Waals surface area (Å²) in [5, 5.41) is 1.34. The van der Waals surface area contributed by atoms with E-state index in [0.717, 1.165) is 12.8 Å². The molecule has 0 atom stereocenters. The topological polar surface area (TPSA) is 26.3 Å². The number of hydrogen-bond acceptors (Lipinski definition) is 2. The van der Waals surface area contributed by atoms with Crippen LogP contribution in [0, 0.1) is 0 Å². The van der Waals surface area contributed by atoms with Gasteiger partial charge in [-0.15, -0.1) is 0 Å². The van der Waals surface area contributed by atoms with Crippen molar-refractivity contribution in [1.82, 2.24) is 0 Å². The molecule has 0 fully saturated rings. The maximum absolute atomic E-state index is 11.5. The van der Waals surface area contributed by atoms with Crippen molar-refractivity contribution in [2.24, 2.45) is 0 Å². The van der Waals surface area contributed by atoms with Crippen LogP contribution in [0.15, 0.2) is 30.3 Å². The average molecular weight is 364 g/mol. The molecular weight excluding hydrogens is 348 g/mol. The number of rotatable bonds is 7. The van der Waals surface area contributed by atoms with Crippen molar-refractivity contribution in [2.75, 3.05) is 10.7 Å². The molecule has 0 radical (unpaired) electrons. The normalized spacial score (nSPS) is 10.5. The second-order valence-electron chi connectivity index (χ2n) is 3.76. The van der Waals surface area contributed by atoms with Gasteiger partial charge in [0, 0.05) is 17.1 Å². The monoisotopic (exact) mass is 362 g/mol. The molecule has 0 aromatic heterocycles. The quantitative estimate of drug-likeness (QED) is 0.545. The number of ether oxygens (including phenoxy) is 1. The van der Waals surface area contributed by atoms with Crippen LogP contribution in [0.25, 0.3) is 0 Å². The van der Waals surface area contributed by atoms with Gasteiger partial charge in [0.2, 0.25) is 0 Å². The van der Waals surface area contributed by atoms with E-state index in [1.807, 2.05) is 18.2 Å². The summed E-state index contributed by atoms with van der Waals surface area (Å²) in [6.07, 6.45) is 2.16. The Morgan fingerprint density at radius 2 is 1.82 bits per heavy atom. The zero-order valence-electron chi connectivity index (χ0n) is 9.57. The van der Waals surface area contributed by atoms with E-state index in [1.165, 1.54) is 5.56 Å². The Kier molecular flexibility index (Phi) is 7.53. The SMILES string of the molecule is O=C(CCCc1ccccc1)OC(CBr)CBr. The van der Waals surface area contributed by atoms with Crippen LogP contribution < -0.4 is 0 Å². The van der Waals surface area contributed by atoms with Gasteiger partial charge < -0.3 is 4.74 Å². The van der Waals surface area contributed by atoms with Gasteiger partial charge in [-0.25, -0.2) is 0 Å². The predicted molar refractivity (Wildman–Crippen MR) is 76.8 cm³/mol. The van der Waals surface area contributed by atoms with E-state index < -0.39 is 0 Å². The lowest BCUT2D eigenvalue weighted by Gasteiger charge is -2.12. The summed E-state index contributed by atoms with van der Waals surface area (Å²) in [7, 11) is 0. The maximum atomic E-state index is 11.5. The third-order valence-electron chi connectivity index (χ3n) is 2.33. The molecule has 0 amide bonds. The number of carbonyl (C=O) groups excluding carboxylic acids is 1. The highest BCUT2D eigenvalue weighted by molar-refractivity contribution is 9.09. The highest BCUT2D eigenvalue weighted by Gasteiger charge is 2.11. The smallest absolute Gasteiger partial charge is 0.306 e. The van der Waals surface area contributed by atoms with E-state index in [2.05, 4.69) is 44.0 Å². The molecular formula is C13H16Br2O2. The fourth-order valence-corrected chi connectivity index (χ4v) is 2.77. The van der Waals surface area contributed by atoms with Crippen LogP contribution in [0.1, 0.15) is 18.4 Å². The lowest BCUT2D eigenvalue weighted by atomic mass is 10.1. The van der Waals surface area contributed by atoms with Crippen LogP contribution in [-0.4, -0.2) is 22.7 Å². The minimum absolute atomic E-state index is 0.0702. The summed E-state index contributed by atoms with van der Waals surface area (Å²) in [5.74, 6) is -0.121. The minimum atomic E-state index is -0.121. The van der Waals surface area contributed by atoms with Crippen molar-refractivity contribution in [3.8, 4) is 0 Å². The molecule has 0 N–H and O–H groups in total. The number of esters is 1. The lowest BCUT2D eigenvalue weighted by molar-refractivity contribution is -0.146. The summed E-state index contributed by atoms with van der Waals surface area (Å²) in [4.78, 5) is 11.5. The van der Waals surface area contributed by atoms with Crippen molar-refractivity contribution in [3.05, 3.63) is 35.9 Å². The number of alkyl halides is 2. The summed E-state index contributed by atoms with van der Waals surface area (Å²) >= 11 is 6.60. The van der Waals surface area contributed by atoms with Gasteiger partial charge in [0.25, 0.3) is 0 Å². The van der Waals surface area contributed by atoms with Gasteiger partial charge in [-0.05, 0) is 18.4 Å². The van der Waals surface area contributed by atoms with Gasteiger partial charge in [-0.2, -0.15) is 0 Å². The second-order valence-corrected chi connectivity index (χ2v) is 5.05. The molecule has 0 bridgehead atoms. The summed E-state index contributed by atoms with van der Waals surface area (Å²) in [6, 6.07) is 10.2. The van der Waals surface area contributed by atoms with Crippen LogP contribution in [-0.2, 0) is 16.0 Å². The number of hydrogen-bond donors (Lipinski definition) is 0. The van der Waals surface area contributed by atoms with Crippen LogP contribution in [0.2, 0.25) is 0 Å². The molecule has 0 spiro atoms. The van der Waals surface area contributed by atoms with Gasteiger partial charge in [0.15, 0.2) is 0 Å². The summed E-state index contributed by atoms with van der Waals surface area (Å²) in [6.45, 7) is 0. The number of benzene rings is 1. The highest BCUT2D eigenvalue weighted by atomic mass is 79.9. The Labute approximate surface area is 119 Å². The molecule has 94 valence electrons. The van der Waals surface area contributed by atoms with Crippen LogP contribution >= 0.6 is 31.9 Å². The zero-order valence-corrected chi connectivity index (χ0v) is 12.7. The fourth-order valence-electron chi connectivity index (χ4n) is 1.43. The van der Waals surface area contributed by atoms with Gasteiger partial charge in [0.05, 0.1) is 0 Å². The molecule has 0 heterocycles.